The van der Waals surface area contributed by atoms with Crippen molar-refractivity contribution in [2.45, 2.75) is 20.0 Å². The van der Waals surface area contributed by atoms with Crippen LogP contribution in [-0.2, 0) is 6.18 Å². The lowest BCUT2D eigenvalue weighted by Gasteiger charge is -2.14. The number of alkyl halides is 3. The lowest BCUT2D eigenvalue weighted by molar-refractivity contribution is -0.137. The Balaban J connectivity index is 1.24. The van der Waals surface area contributed by atoms with Crippen LogP contribution in [0.15, 0.2) is 78.9 Å². The van der Waals surface area contributed by atoms with Gasteiger partial charge in [0.25, 0.3) is 0 Å². The fraction of sp³-hybridized carbons (Fsp3) is 0.103. The van der Waals surface area contributed by atoms with Gasteiger partial charge < -0.3 is 21.3 Å². The molecular formula is C29H24ClF3N8O. The molecule has 5 rings (SSSR count). The second-order valence-electron chi connectivity index (χ2n) is 9.30. The lowest BCUT2D eigenvalue weighted by atomic mass is 10.1. The average molecular weight is 593 g/mol. The molecule has 0 aliphatic rings. The van der Waals surface area contributed by atoms with Gasteiger partial charge in [-0.2, -0.15) is 23.3 Å². The molecule has 0 unspecified atom stereocenters. The maximum absolute atomic E-state index is 13.1. The molecule has 9 nitrogen and oxygen atoms in total. The van der Waals surface area contributed by atoms with E-state index in [1.54, 1.807) is 24.3 Å². The van der Waals surface area contributed by atoms with Crippen LogP contribution in [0.2, 0.25) is 5.02 Å². The summed E-state index contributed by atoms with van der Waals surface area (Å²) in [4.78, 5) is 21.4. The number of amides is 2. The standard InChI is InChI=1S/C29H24ClF3N8O/c1-16-12-19(35-28(42)36-20-8-10-22(30)21(14-20)29(31,32)33)9-11-23(16)37-27-34-17(2)13-25(39-27)38-26-15-24(40-41-26)18-6-4-3-5-7-18/h3-15H,1-2H3,(H2,35,36,42)(H3,34,37,38,39,40,41). The highest BCUT2D eigenvalue weighted by Gasteiger charge is 2.33. The van der Waals surface area contributed by atoms with E-state index in [-0.39, 0.29) is 5.69 Å². The monoisotopic (exact) mass is 592 g/mol. The topological polar surface area (TPSA) is 120 Å². The van der Waals surface area contributed by atoms with E-state index in [4.69, 9.17) is 11.6 Å². The van der Waals surface area contributed by atoms with Gasteiger partial charge in [-0.3, -0.25) is 5.10 Å². The largest absolute Gasteiger partial charge is 0.417 e. The van der Waals surface area contributed by atoms with Crippen LogP contribution in [0.5, 0.6) is 0 Å². The van der Waals surface area contributed by atoms with Crippen LogP contribution in [0.25, 0.3) is 11.3 Å². The summed E-state index contributed by atoms with van der Waals surface area (Å²) in [5.41, 5.74) is 3.30. The maximum atomic E-state index is 13.1. The third-order valence-electron chi connectivity index (χ3n) is 6.02. The molecule has 2 heterocycles. The predicted molar refractivity (Wildman–Crippen MR) is 158 cm³/mol. The van der Waals surface area contributed by atoms with E-state index in [9.17, 15) is 18.0 Å². The van der Waals surface area contributed by atoms with Crippen LogP contribution in [0.1, 0.15) is 16.8 Å². The molecule has 13 heteroatoms. The molecule has 214 valence electrons. The number of urea groups is 1. The smallest absolute Gasteiger partial charge is 0.325 e. The second-order valence-corrected chi connectivity index (χ2v) is 9.71. The number of hydrogen-bond donors (Lipinski definition) is 5. The zero-order valence-corrected chi connectivity index (χ0v) is 23.0. The van der Waals surface area contributed by atoms with Crippen molar-refractivity contribution in [3.05, 3.63) is 101 Å². The molecule has 5 N–H and O–H groups in total. The van der Waals surface area contributed by atoms with Gasteiger partial charge in [0.1, 0.15) is 11.6 Å². The van der Waals surface area contributed by atoms with Crippen LogP contribution >= 0.6 is 11.6 Å². The van der Waals surface area contributed by atoms with Crippen LogP contribution in [-0.4, -0.2) is 26.2 Å². The normalized spacial score (nSPS) is 11.2. The van der Waals surface area contributed by atoms with Crippen LogP contribution in [0.4, 0.5) is 52.6 Å². The van der Waals surface area contributed by atoms with Gasteiger partial charge in [0.05, 0.1) is 16.3 Å². The fourth-order valence-electron chi connectivity index (χ4n) is 4.08. The SMILES string of the molecule is Cc1cc(Nc2cc(-c3ccccc3)n[nH]2)nc(Nc2ccc(NC(=O)Nc3ccc(Cl)c(C(F)(F)F)c3)cc2C)n1. The van der Waals surface area contributed by atoms with Gasteiger partial charge in [0.2, 0.25) is 5.95 Å². The molecule has 2 aromatic heterocycles. The highest BCUT2D eigenvalue weighted by molar-refractivity contribution is 6.31. The molecule has 5 aromatic rings. The van der Waals surface area contributed by atoms with Crippen molar-refractivity contribution in [1.29, 1.82) is 0 Å². The summed E-state index contributed by atoms with van der Waals surface area (Å²) in [5.74, 6) is 1.57. The van der Waals surface area contributed by atoms with Gasteiger partial charge in [-0.05, 0) is 55.8 Å². The quantitative estimate of drug-likeness (QED) is 0.130. The van der Waals surface area contributed by atoms with E-state index >= 15 is 0 Å². The number of aromatic amines is 1. The average Bonchev–Trinajstić information content (AvgIpc) is 3.39. The van der Waals surface area contributed by atoms with Crippen LogP contribution in [0.3, 0.4) is 0 Å². The Morgan fingerprint density at radius 3 is 2.29 bits per heavy atom. The van der Waals surface area contributed by atoms with Crippen molar-refractivity contribution < 1.29 is 18.0 Å². The number of benzene rings is 3. The highest BCUT2D eigenvalue weighted by Crippen LogP contribution is 2.36. The van der Waals surface area contributed by atoms with E-state index in [1.165, 1.54) is 6.07 Å². The van der Waals surface area contributed by atoms with Crippen molar-refractivity contribution in [2.24, 2.45) is 0 Å². The summed E-state index contributed by atoms with van der Waals surface area (Å²) < 4.78 is 39.4. The summed E-state index contributed by atoms with van der Waals surface area (Å²) >= 11 is 5.64. The number of hydrogen-bond acceptors (Lipinski definition) is 6. The predicted octanol–water partition coefficient (Wildman–Crippen LogP) is 8.29. The Morgan fingerprint density at radius 2 is 1.57 bits per heavy atom. The number of anilines is 6. The van der Waals surface area contributed by atoms with E-state index in [2.05, 4.69) is 41.4 Å². The number of halogens is 4. The number of nitrogens with one attached hydrogen (secondary N) is 5. The minimum Gasteiger partial charge on any atom is -0.325 e. The Bertz CT molecular complexity index is 1740. The van der Waals surface area contributed by atoms with Crippen molar-refractivity contribution in [2.75, 3.05) is 21.3 Å². The van der Waals surface area contributed by atoms with Crippen molar-refractivity contribution in [1.82, 2.24) is 20.2 Å². The van der Waals surface area contributed by atoms with E-state index in [1.807, 2.05) is 50.2 Å². The molecule has 0 radical (unpaired) electrons. The highest BCUT2D eigenvalue weighted by atomic mass is 35.5. The molecular weight excluding hydrogens is 569 g/mol. The molecule has 0 atom stereocenters. The van der Waals surface area contributed by atoms with Gasteiger partial charge in [-0.25, -0.2) is 9.78 Å². The molecule has 42 heavy (non-hydrogen) atoms. The third kappa shape index (κ3) is 6.96. The van der Waals surface area contributed by atoms with Gasteiger partial charge in [0, 0.05) is 40.5 Å². The van der Waals surface area contributed by atoms with Gasteiger partial charge in [-0.1, -0.05) is 41.9 Å². The first kappa shape index (κ1) is 28.4. The Labute approximate surface area is 243 Å². The number of nitrogens with zero attached hydrogens (tertiary/aromatic N) is 3. The maximum Gasteiger partial charge on any atom is 0.417 e. The van der Waals surface area contributed by atoms with E-state index < -0.39 is 22.8 Å². The molecule has 0 fully saturated rings. The van der Waals surface area contributed by atoms with Gasteiger partial charge >= 0.3 is 12.2 Å². The molecule has 0 saturated carbocycles. The minimum absolute atomic E-state index is 0.0494. The van der Waals surface area contributed by atoms with Crippen LogP contribution < -0.4 is 21.3 Å². The van der Waals surface area contributed by atoms with Crippen molar-refractivity contribution >= 4 is 52.3 Å². The lowest BCUT2D eigenvalue weighted by Crippen LogP contribution is -2.20. The molecule has 0 bridgehead atoms. The Morgan fingerprint density at radius 1 is 0.857 bits per heavy atom. The number of carbonyl (C=O) groups is 1. The molecule has 2 amide bonds. The number of aromatic nitrogens is 4. The first-order valence-electron chi connectivity index (χ1n) is 12.6. The minimum atomic E-state index is -4.64. The summed E-state index contributed by atoms with van der Waals surface area (Å²) in [7, 11) is 0. The molecule has 0 aliphatic heterocycles. The molecule has 0 spiro atoms. The van der Waals surface area contributed by atoms with Gasteiger partial charge in [0.15, 0.2) is 0 Å². The van der Waals surface area contributed by atoms with Crippen molar-refractivity contribution in [3.63, 3.8) is 0 Å². The number of rotatable bonds is 7. The molecule has 0 saturated heterocycles. The van der Waals surface area contributed by atoms with Crippen LogP contribution in [0, 0.1) is 13.8 Å². The Kier molecular flexibility index (Phi) is 7.98. The number of carbonyl (C=O) groups excluding carboxylic acids is 1. The molecule has 0 aliphatic carbocycles. The first-order chi connectivity index (χ1) is 20.0. The Hall–Kier alpha value is -5.10. The zero-order valence-electron chi connectivity index (χ0n) is 22.3. The summed E-state index contributed by atoms with van der Waals surface area (Å²) in [6.45, 7) is 3.67. The van der Waals surface area contributed by atoms with E-state index in [0.29, 0.717) is 29.0 Å². The van der Waals surface area contributed by atoms with E-state index in [0.717, 1.165) is 34.6 Å². The summed E-state index contributed by atoms with van der Waals surface area (Å²) in [5, 5.41) is 18.2. The van der Waals surface area contributed by atoms with Gasteiger partial charge in [-0.15, -0.1) is 0 Å². The zero-order chi connectivity index (χ0) is 29.9. The summed E-state index contributed by atoms with van der Waals surface area (Å²) in [6, 6.07) is 21.0. The van der Waals surface area contributed by atoms with Crippen molar-refractivity contribution in [3.8, 4) is 11.3 Å². The first-order valence-corrected chi connectivity index (χ1v) is 13.0. The third-order valence-corrected chi connectivity index (χ3v) is 6.35. The molecule has 3 aromatic carbocycles. The second kappa shape index (κ2) is 11.8. The number of aryl methyl sites for hydroxylation is 2. The number of H-pyrrole nitrogens is 1. The fourth-order valence-corrected chi connectivity index (χ4v) is 4.31. The summed E-state index contributed by atoms with van der Waals surface area (Å²) in [6.07, 6.45) is -4.64.